The summed E-state index contributed by atoms with van der Waals surface area (Å²) in [5.41, 5.74) is 3.65. The van der Waals surface area contributed by atoms with Crippen LogP contribution >= 0.6 is 11.6 Å². The number of halogens is 1. The Morgan fingerprint density at radius 2 is 2.30 bits per heavy atom. The SMILES string of the molecule is Cc1c(CNCCN2CCCC(CO)C2)[nH]c2ccc(Cl)cc12. The highest BCUT2D eigenvalue weighted by molar-refractivity contribution is 6.31. The number of nitrogens with one attached hydrogen (secondary N) is 2. The zero-order valence-electron chi connectivity index (χ0n) is 13.7. The molecule has 0 aliphatic carbocycles. The number of aromatic amines is 1. The maximum Gasteiger partial charge on any atom is 0.0471 e. The van der Waals surface area contributed by atoms with E-state index in [1.54, 1.807) is 0 Å². The van der Waals surface area contributed by atoms with Gasteiger partial charge in [0.15, 0.2) is 0 Å². The van der Waals surface area contributed by atoms with Gasteiger partial charge in [0.1, 0.15) is 0 Å². The molecule has 3 N–H and O–H groups in total. The second kappa shape index (κ2) is 7.67. The summed E-state index contributed by atoms with van der Waals surface area (Å²) in [4.78, 5) is 5.93. The van der Waals surface area contributed by atoms with E-state index in [-0.39, 0.29) is 0 Å². The molecule has 1 aliphatic rings. The van der Waals surface area contributed by atoms with E-state index in [0.717, 1.165) is 49.7 Å². The van der Waals surface area contributed by atoms with Gasteiger partial charge in [0, 0.05) is 54.4 Å². The van der Waals surface area contributed by atoms with Crippen molar-refractivity contribution in [3.63, 3.8) is 0 Å². The topological polar surface area (TPSA) is 51.3 Å². The number of fused-ring (bicyclic) bond motifs is 1. The number of rotatable bonds is 6. The van der Waals surface area contributed by atoms with Crippen molar-refractivity contribution < 1.29 is 5.11 Å². The van der Waals surface area contributed by atoms with Crippen LogP contribution in [0.2, 0.25) is 5.02 Å². The molecule has 5 heteroatoms. The summed E-state index contributed by atoms with van der Waals surface area (Å²) in [6.45, 7) is 7.50. The van der Waals surface area contributed by atoms with Crippen LogP contribution < -0.4 is 5.32 Å². The summed E-state index contributed by atoms with van der Waals surface area (Å²) >= 11 is 6.08. The molecule has 126 valence electrons. The molecule has 0 bridgehead atoms. The number of nitrogens with zero attached hydrogens (tertiary/aromatic N) is 1. The van der Waals surface area contributed by atoms with Crippen LogP contribution in [-0.4, -0.2) is 47.8 Å². The number of piperidine rings is 1. The standard InChI is InChI=1S/C18H26ClN3O/c1-13-16-9-15(19)4-5-17(16)21-18(13)10-20-6-8-22-7-2-3-14(11-22)12-23/h4-5,9,14,20-21,23H,2-3,6-8,10-12H2,1H3. The van der Waals surface area contributed by atoms with Crippen molar-refractivity contribution in [1.82, 2.24) is 15.2 Å². The van der Waals surface area contributed by atoms with Gasteiger partial charge >= 0.3 is 0 Å². The Bertz CT molecular complexity index is 655. The summed E-state index contributed by atoms with van der Waals surface area (Å²) in [6, 6.07) is 5.98. The predicted molar refractivity (Wildman–Crippen MR) is 96.0 cm³/mol. The van der Waals surface area contributed by atoms with Crippen molar-refractivity contribution in [3.8, 4) is 0 Å². The first-order valence-electron chi connectivity index (χ1n) is 8.48. The van der Waals surface area contributed by atoms with Gasteiger partial charge in [-0.1, -0.05) is 11.6 Å². The number of likely N-dealkylation sites (tertiary alicyclic amines) is 1. The molecule has 1 unspecified atom stereocenters. The lowest BCUT2D eigenvalue weighted by Crippen LogP contribution is -2.40. The van der Waals surface area contributed by atoms with Crippen molar-refractivity contribution >= 4 is 22.5 Å². The number of aliphatic hydroxyl groups excluding tert-OH is 1. The molecule has 2 heterocycles. The highest BCUT2D eigenvalue weighted by Gasteiger charge is 2.18. The van der Waals surface area contributed by atoms with Crippen molar-refractivity contribution in [2.75, 3.05) is 32.8 Å². The molecule has 0 radical (unpaired) electrons. The number of benzene rings is 1. The third-order valence-corrected chi connectivity index (χ3v) is 5.13. The molecular weight excluding hydrogens is 310 g/mol. The molecule has 2 aromatic rings. The van der Waals surface area contributed by atoms with E-state index in [2.05, 4.69) is 22.1 Å². The fourth-order valence-corrected chi connectivity index (χ4v) is 3.66. The van der Waals surface area contributed by atoms with Crippen molar-refractivity contribution in [3.05, 3.63) is 34.5 Å². The van der Waals surface area contributed by atoms with E-state index in [4.69, 9.17) is 11.6 Å². The summed E-state index contributed by atoms with van der Waals surface area (Å²) in [6.07, 6.45) is 2.37. The molecule has 4 nitrogen and oxygen atoms in total. The molecule has 1 atom stereocenters. The maximum absolute atomic E-state index is 9.29. The molecule has 0 saturated carbocycles. The molecule has 1 saturated heterocycles. The summed E-state index contributed by atoms with van der Waals surface area (Å²) in [5, 5.41) is 14.8. The van der Waals surface area contributed by atoms with Crippen LogP contribution in [-0.2, 0) is 6.54 Å². The summed E-state index contributed by atoms with van der Waals surface area (Å²) < 4.78 is 0. The van der Waals surface area contributed by atoms with Crippen LogP contribution in [0.1, 0.15) is 24.1 Å². The zero-order valence-corrected chi connectivity index (χ0v) is 14.5. The smallest absolute Gasteiger partial charge is 0.0471 e. The third kappa shape index (κ3) is 4.07. The number of hydrogen-bond donors (Lipinski definition) is 3. The number of H-pyrrole nitrogens is 1. The lowest BCUT2D eigenvalue weighted by atomic mass is 9.99. The number of hydrogen-bond acceptors (Lipinski definition) is 3. The Balaban J connectivity index is 1.50. The van der Waals surface area contributed by atoms with Gasteiger partial charge in [0.2, 0.25) is 0 Å². The lowest BCUT2D eigenvalue weighted by molar-refractivity contribution is 0.121. The largest absolute Gasteiger partial charge is 0.396 e. The monoisotopic (exact) mass is 335 g/mol. The minimum Gasteiger partial charge on any atom is -0.396 e. The van der Waals surface area contributed by atoms with Crippen LogP contribution in [0.4, 0.5) is 0 Å². The van der Waals surface area contributed by atoms with Crippen molar-refractivity contribution in [1.29, 1.82) is 0 Å². The van der Waals surface area contributed by atoms with Gasteiger partial charge in [-0.05, 0) is 56.0 Å². The Morgan fingerprint density at radius 1 is 1.43 bits per heavy atom. The van der Waals surface area contributed by atoms with E-state index in [1.165, 1.54) is 23.1 Å². The van der Waals surface area contributed by atoms with Crippen LogP contribution in [0.5, 0.6) is 0 Å². The molecular formula is C18H26ClN3O. The average Bonchev–Trinajstić information content (AvgIpc) is 2.88. The molecule has 3 rings (SSSR count). The Hall–Kier alpha value is -1.07. The first-order valence-corrected chi connectivity index (χ1v) is 8.86. The van der Waals surface area contributed by atoms with Gasteiger partial charge in [-0.25, -0.2) is 0 Å². The highest BCUT2D eigenvalue weighted by Crippen LogP contribution is 2.24. The van der Waals surface area contributed by atoms with E-state index >= 15 is 0 Å². The minimum atomic E-state index is 0.320. The van der Waals surface area contributed by atoms with Gasteiger partial charge in [-0.2, -0.15) is 0 Å². The van der Waals surface area contributed by atoms with Crippen molar-refractivity contribution in [2.45, 2.75) is 26.3 Å². The minimum absolute atomic E-state index is 0.320. The van der Waals surface area contributed by atoms with E-state index in [0.29, 0.717) is 12.5 Å². The number of aromatic nitrogens is 1. The first kappa shape index (κ1) is 16.8. The Kier molecular flexibility index (Phi) is 5.59. The summed E-state index contributed by atoms with van der Waals surface area (Å²) in [7, 11) is 0. The van der Waals surface area contributed by atoms with Crippen LogP contribution in [0.3, 0.4) is 0 Å². The fraction of sp³-hybridized carbons (Fsp3) is 0.556. The first-order chi connectivity index (χ1) is 11.2. The quantitative estimate of drug-likeness (QED) is 0.711. The molecule has 1 aromatic heterocycles. The van der Waals surface area contributed by atoms with Gasteiger partial charge in [0.05, 0.1) is 0 Å². The zero-order chi connectivity index (χ0) is 16.2. The predicted octanol–water partition coefficient (Wildman–Crippen LogP) is 2.92. The van der Waals surface area contributed by atoms with E-state index in [1.807, 2.05) is 18.2 Å². The molecule has 23 heavy (non-hydrogen) atoms. The van der Waals surface area contributed by atoms with Gasteiger partial charge in [-0.15, -0.1) is 0 Å². The summed E-state index contributed by atoms with van der Waals surface area (Å²) in [5.74, 6) is 0.462. The van der Waals surface area contributed by atoms with E-state index in [9.17, 15) is 5.11 Å². The Labute approximate surface area is 142 Å². The van der Waals surface area contributed by atoms with Gasteiger partial charge in [-0.3, -0.25) is 0 Å². The molecule has 0 spiro atoms. The second-order valence-electron chi connectivity index (χ2n) is 6.59. The lowest BCUT2D eigenvalue weighted by Gasteiger charge is -2.31. The molecule has 1 aromatic carbocycles. The van der Waals surface area contributed by atoms with Crippen molar-refractivity contribution in [2.24, 2.45) is 5.92 Å². The van der Waals surface area contributed by atoms with Crippen LogP contribution in [0.15, 0.2) is 18.2 Å². The molecule has 0 amide bonds. The van der Waals surface area contributed by atoms with Crippen LogP contribution in [0.25, 0.3) is 10.9 Å². The number of aryl methyl sites for hydroxylation is 1. The highest BCUT2D eigenvalue weighted by atomic mass is 35.5. The van der Waals surface area contributed by atoms with Gasteiger partial charge < -0.3 is 20.3 Å². The number of aliphatic hydroxyl groups is 1. The normalized spacial score (nSPS) is 19.5. The second-order valence-corrected chi connectivity index (χ2v) is 7.02. The van der Waals surface area contributed by atoms with Gasteiger partial charge in [0.25, 0.3) is 0 Å². The average molecular weight is 336 g/mol. The van der Waals surface area contributed by atoms with Crippen LogP contribution in [0, 0.1) is 12.8 Å². The fourth-order valence-electron chi connectivity index (χ4n) is 3.49. The third-order valence-electron chi connectivity index (χ3n) is 4.89. The van der Waals surface area contributed by atoms with E-state index < -0.39 is 0 Å². The molecule has 1 aliphatic heterocycles. The Morgan fingerprint density at radius 3 is 3.13 bits per heavy atom. The molecule has 1 fully saturated rings. The maximum atomic E-state index is 9.29.